The minimum Gasteiger partial charge on any atom is -0.330 e. The molecule has 17 heavy (non-hydrogen) atoms. The Kier molecular flexibility index (Phi) is 3.54. The molecule has 0 radical (unpaired) electrons. The summed E-state index contributed by atoms with van der Waals surface area (Å²) in [6.07, 6.45) is 0.753. The van der Waals surface area contributed by atoms with E-state index in [0.717, 1.165) is 12.0 Å². The van der Waals surface area contributed by atoms with Gasteiger partial charge in [-0.1, -0.05) is 31.2 Å². The molecule has 1 heterocycles. The molecule has 2 rings (SSSR count). The Morgan fingerprint density at radius 3 is 2.82 bits per heavy atom. The van der Waals surface area contributed by atoms with Crippen LogP contribution in [0.4, 0.5) is 0 Å². The topological polar surface area (TPSA) is 60.2 Å². The molecule has 2 N–H and O–H groups in total. The molecule has 1 saturated heterocycles. The second-order valence-corrected chi connectivity index (χ2v) is 7.14. The lowest BCUT2D eigenvalue weighted by molar-refractivity contribution is 0.601. The minimum absolute atomic E-state index is 0.171. The molecule has 1 aromatic carbocycles. The van der Waals surface area contributed by atoms with Gasteiger partial charge in [0.25, 0.3) is 0 Å². The molecule has 0 spiro atoms. The van der Waals surface area contributed by atoms with Gasteiger partial charge in [-0.25, -0.2) is 8.42 Å². The first-order valence-electron chi connectivity index (χ1n) is 6.02. The zero-order valence-electron chi connectivity index (χ0n) is 10.1. The molecule has 0 bridgehead atoms. The monoisotopic (exact) mass is 253 g/mol. The molecule has 0 saturated carbocycles. The first kappa shape index (κ1) is 12.6. The summed E-state index contributed by atoms with van der Waals surface area (Å²) in [5.74, 6) is 1.12. The molecule has 94 valence electrons. The van der Waals surface area contributed by atoms with Gasteiger partial charge in [0, 0.05) is 0 Å². The van der Waals surface area contributed by atoms with Gasteiger partial charge in [-0.3, -0.25) is 0 Å². The molecule has 1 aliphatic rings. The molecule has 3 nitrogen and oxygen atoms in total. The number of sulfone groups is 1. The van der Waals surface area contributed by atoms with Gasteiger partial charge in [-0.2, -0.15) is 0 Å². The van der Waals surface area contributed by atoms with Gasteiger partial charge < -0.3 is 5.73 Å². The van der Waals surface area contributed by atoms with Crippen molar-refractivity contribution < 1.29 is 8.42 Å². The summed E-state index contributed by atoms with van der Waals surface area (Å²) in [4.78, 5) is 0. The third-order valence-corrected chi connectivity index (χ3v) is 5.31. The molecule has 1 fully saturated rings. The van der Waals surface area contributed by atoms with Crippen LogP contribution < -0.4 is 5.73 Å². The van der Waals surface area contributed by atoms with E-state index in [1.807, 2.05) is 12.1 Å². The summed E-state index contributed by atoms with van der Waals surface area (Å²) in [5.41, 5.74) is 8.00. The summed E-state index contributed by atoms with van der Waals surface area (Å²) in [6.45, 7) is 2.71. The number of hydrogen-bond acceptors (Lipinski definition) is 3. The molecule has 2 unspecified atom stereocenters. The molecule has 1 aliphatic heterocycles. The zero-order chi connectivity index (χ0) is 12.5. The highest BCUT2D eigenvalue weighted by molar-refractivity contribution is 7.91. The van der Waals surface area contributed by atoms with E-state index >= 15 is 0 Å². The van der Waals surface area contributed by atoms with Crippen LogP contribution in [0.3, 0.4) is 0 Å². The average Bonchev–Trinajstić information content (AvgIpc) is 2.69. The van der Waals surface area contributed by atoms with Crippen LogP contribution >= 0.6 is 0 Å². The third kappa shape index (κ3) is 2.87. The Morgan fingerprint density at radius 2 is 2.24 bits per heavy atom. The highest BCUT2D eigenvalue weighted by Gasteiger charge is 2.29. The zero-order valence-corrected chi connectivity index (χ0v) is 10.9. The first-order chi connectivity index (χ1) is 8.02. The van der Waals surface area contributed by atoms with Crippen molar-refractivity contribution in [3.8, 4) is 0 Å². The van der Waals surface area contributed by atoms with Crippen LogP contribution in [0.5, 0.6) is 0 Å². The maximum absolute atomic E-state index is 11.5. The van der Waals surface area contributed by atoms with Crippen LogP contribution in [-0.2, 0) is 9.84 Å². The Morgan fingerprint density at radius 1 is 1.47 bits per heavy atom. The van der Waals surface area contributed by atoms with Gasteiger partial charge in [-0.05, 0) is 35.9 Å². The van der Waals surface area contributed by atoms with E-state index in [4.69, 9.17) is 5.73 Å². The molecule has 0 aromatic heterocycles. The Hall–Kier alpha value is -0.870. The third-order valence-electron chi connectivity index (χ3n) is 3.54. The standard InChI is InChI=1S/C13H19NO2S/c1-10(8-14)11-3-2-4-12(7-11)13-5-6-17(15,16)9-13/h2-4,7,10,13H,5-6,8-9,14H2,1H3. The highest BCUT2D eigenvalue weighted by atomic mass is 32.2. The van der Waals surface area contributed by atoms with Crippen LogP contribution in [0.25, 0.3) is 0 Å². The van der Waals surface area contributed by atoms with E-state index in [1.165, 1.54) is 5.56 Å². The maximum atomic E-state index is 11.5. The van der Waals surface area contributed by atoms with E-state index < -0.39 is 9.84 Å². The second kappa shape index (κ2) is 4.78. The molecule has 1 aromatic rings. The molecular weight excluding hydrogens is 234 g/mol. The number of benzene rings is 1. The smallest absolute Gasteiger partial charge is 0.150 e. The molecular formula is C13H19NO2S. The summed E-state index contributed by atoms with van der Waals surface area (Å²) < 4.78 is 22.9. The SMILES string of the molecule is CC(CN)c1cccc(C2CCS(=O)(=O)C2)c1. The lowest BCUT2D eigenvalue weighted by Crippen LogP contribution is -2.10. The fourth-order valence-corrected chi connectivity index (χ4v) is 4.10. The molecule has 0 aliphatic carbocycles. The van der Waals surface area contributed by atoms with Crippen molar-refractivity contribution in [2.45, 2.75) is 25.2 Å². The van der Waals surface area contributed by atoms with Gasteiger partial charge >= 0.3 is 0 Å². The predicted molar refractivity (Wildman–Crippen MR) is 69.9 cm³/mol. The van der Waals surface area contributed by atoms with E-state index in [-0.39, 0.29) is 5.92 Å². The lowest BCUT2D eigenvalue weighted by Gasteiger charge is -2.13. The van der Waals surface area contributed by atoms with Crippen molar-refractivity contribution in [2.75, 3.05) is 18.1 Å². The van der Waals surface area contributed by atoms with Crippen LogP contribution in [0.2, 0.25) is 0 Å². The summed E-state index contributed by atoms with van der Waals surface area (Å²) in [6, 6.07) is 8.20. The number of nitrogens with two attached hydrogens (primary N) is 1. The second-order valence-electron chi connectivity index (χ2n) is 4.91. The van der Waals surface area contributed by atoms with Crippen LogP contribution in [-0.4, -0.2) is 26.5 Å². The Labute approximate surface area is 103 Å². The van der Waals surface area contributed by atoms with Crippen LogP contribution in [0, 0.1) is 0 Å². The van der Waals surface area contributed by atoms with Crippen molar-refractivity contribution >= 4 is 9.84 Å². The fraction of sp³-hybridized carbons (Fsp3) is 0.538. The Bertz CT molecular complexity index is 496. The van der Waals surface area contributed by atoms with E-state index in [1.54, 1.807) is 0 Å². The molecule has 0 amide bonds. The van der Waals surface area contributed by atoms with Crippen LogP contribution in [0.1, 0.15) is 36.3 Å². The minimum atomic E-state index is -2.81. The van der Waals surface area contributed by atoms with E-state index in [9.17, 15) is 8.42 Å². The van der Waals surface area contributed by atoms with Gasteiger partial charge in [0.15, 0.2) is 9.84 Å². The van der Waals surface area contributed by atoms with Crippen molar-refractivity contribution in [1.82, 2.24) is 0 Å². The van der Waals surface area contributed by atoms with Gasteiger partial charge in [0.05, 0.1) is 11.5 Å². The van der Waals surface area contributed by atoms with E-state index in [0.29, 0.717) is 24.0 Å². The lowest BCUT2D eigenvalue weighted by atomic mass is 9.93. The van der Waals surface area contributed by atoms with Crippen molar-refractivity contribution in [3.05, 3.63) is 35.4 Å². The fourth-order valence-electron chi connectivity index (χ4n) is 2.31. The Balaban J connectivity index is 2.23. The number of hydrogen-bond donors (Lipinski definition) is 1. The molecule has 4 heteroatoms. The van der Waals surface area contributed by atoms with Gasteiger partial charge in [0.2, 0.25) is 0 Å². The number of rotatable bonds is 3. The van der Waals surface area contributed by atoms with Crippen molar-refractivity contribution in [2.24, 2.45) is 5.73 Å². The quantitative estimate of drug-likeness (QED) is 0.891. The highest BCUT2D eigenvalue weighted by Crippen LogP contribution is 2.30. The van der Waals surface area contributed by atoms with Crippen LogP contribution in [0.15, 0.2) is 24.3 Å². The molecule has 2 atom stereocenters. The summed E-state index contributed by atoms with van der Waals surface area (Å²) in [5, 5.41) is 0. The largest absolute Gasteiger partial charge is 0.330 e. The predicted octanol–water partition coefficient (Wildman–Crippen LogP) is 1.65. The van der Waals surface area contributed by atoms with E-state index in [2.05, 4.69) is 19.1 Å². The van der Waals surface area contributed by atoms with Crippen molar-refractivity contribution in [3.63, 3.8) is 0 Å². The average molecular weight is 253 g/mol. The first-order valence-corrected chi connectivity index (χ1v) is 7.84. The summed E-state index contributed by atoms with van der Waals surface area (Å²) in [7, 11) is -2.81. The van der Waals surface area contributed by atoms with Gasteiger partial charge in [-0.15, -0.1) is 0 Å². The maximum Gasteiger partial charge on any atom is 0.150 e. The summed E-state index contributed by atoms with van der Waals surface area (Å²) >= 11 is 0. The van der Waals surface area contributed by atoms with Crippen molar-refractivity contribution in [1.29, 1.82) is 0 Å². The van der Waals surface area contributed by atoms with Gasteiger partial charge in [0.1, 0.15) is 0 Å². The normalized spacial score (nSPS) is 24.7.